The van der Waals surface area contributed by atoms with Crippen molar-refractivity contribution < 1.29 is 9.53 Å². The molecule has 1 aromatic carbocycles. The molecule has 1 amide bonds. The quantitative estimate of drug-likeness (QED) is 0.801. The average Bonchev–Trinajstić information content (AvgIpc) is 2.81. The summed E-state index contributed by atoms with van der Waals surface area (Å²) in [5.74, 6) is 0.589. The zero-order valence-corrected chi connectivity index (χ0v) is 10.9. The Morgan fingerprint density at radius 2 is 2.39 bits per heavy atom. The number of nitrogens with two attached hydrogens (primary N) is 1. The van der Waals surface area contributed by atoms with E-state index in [1.165, 1.54) is 11.3 Å². The van der Waals surface area contributed by atoms with Crippen molar-refractivity contribution in [3.63, 3.8) is 0 Å². The third-order valence-electron chi connectivity index (χ3n) is 2.46. The Bertz CT molecular complexity index is 553. The van der Waals surface area contributed by atoms with E-state index in [1.54, 1.807) is 7.11 Å². The van der Waals surface area contributed by atoms with E-state index in [4.69, 9.17) is 10.5 Å². The summed E-state index contributed by atoms with van der Waals surface area (Å²) in [5.41, 5.74) is 6.15. The standard InChI is InChI=1S/C12H15N3O2S/c1-17-8-3-4-10-9(7-8)15-12(18-10)11(16)14-6-2-5-13/h3-4,7H,2,5-6,13H2,1H3,(H,14,16). The van der Waals surface area contributed by atoms with Crippen molar-refractivity contribution in [1.29, 1.82) is 0 Å². The van der Waals surface area contributed by atoms with Crippen LogP contribution in [-0.4, -0.2) is 31.1 Å². The van der Waals surface area contributed by atoms with E-state index >= 15 is 0 Å². The molecule has 5 nitrogen and oxygen atoms in total. The van der Waals surface area contributed by atoms with Gasteiger partial charge in [-0.2, -0.15) is 0 Å². The Labute approximate surface area is 109 Å². The van der Waals surface area contributed by atoms with Crippen molar-refractivity contribution in [2.75, 3.05) is 20.2 Å². The lowest BCUT2D eigenvalue weighted by Gasteiger charge is -1.99. The molecule has 96 valence electrons. The summed E-state index contributed by atoms with van der Waals surface area (Å²) in [5, 5.41) is 3.26. The molecular weight excluding hydrogens is 250 g/mol. The number of nitrogens with zero attached hydrogens (tertiary/aromatic N) is 1. The fraction of sp³-hybridized carbons (Fsp3) is 0.333. The third-order valence-corrected chi connectivity index (χ3v) is 3.49. The summed E-state index contributed by atoms with van der Waals surface area (Å²) < 4.78 is 6.09. The number of methoxy groups -OCH3 is 1. The van der Waals surface area contributed by atoms with Crippen molar-refractivity contribution in [2.24, 2.45) is 5.73 Å². The molecule has 0 aliphatic heterocycles. The molecular formula is C12H15N3O2S. The number of carbonyl (C=O) groups excluding carboxylic acids is 1. The van der Waals surface area contributed by atoms with Crippen LogP contribution in [0.4, 0.5) is 0 Å². The van der Waals surface area contributed by atoms with Crippen LogP contribution in [0.2, 0.25) is 0 Å². The first-order valence-corrected chi connectivity index (χ1v) is 6.49. The molecule has 1 aromatic heterocycles. The average molecular weight is 265 g/mol. The second kappa shape index (κ2) is 5.79. The maximum absolute atomic E-state index is 11.8. The van der Waals surface area contributed by atoms with E-state index in [2.05, 4.69) is 10.3 Å². The van der Waals surface area contributed by atoms with Gasteiger partial charge in [0.1, 0.15) is 5.75 Å². The zero-order valence-electron chi connectivity index (χ0n) is 10.1. The Balaban J connectivity index is 2.16. The van der Waals surface area contributed by atoms with Gasteiger partial charge in [-0.1, -0.05) is 0 Å². The molecule has 0 unspecified atom stereocenters. The Kier molecular flexibility index (Phi) is 4.11. The minimum Gasteiger partial charge on any atom is -0.497 e. The van der Waals surface area contributed by atoms with Crippen LogP contribution in [0.1, 0.15) is 16.2 Å². The van der Waals surface area contributed by atoms with Gasteiger partial charge >= 0.3 is 0 Å². The van der Waals surface area contributed by atoms with Gasteiger partial charge in [0.2, 0.25) is 0 Å². The van der Waals surface area contributed by atoms with Crippen molar-refractivity contribution in [3.8, 4) is 5.75 Å². The first kappa shape index (κ1) is 12.8. The second-order valence-electron chi connectivity index (χ2n) is 3.75. The summed E-state index contributed by atoms with van der Waals surface area (Å²) in [6.07, 6.45) is 0.768. The highest BCUT2D eigenvalue weighted by molar-refractivity contribution is 7.20. The number of rotatable bonds is 5. The Hall–Kier alpha value is -1.66. The SMILES string of the molecule is COc1ccc2sc(C(=O)NCCCN)nc2c1. The molecule has 0 aliphatic rings. The highest BCUT2D eigenvalue weighted by Gasteiger charge is 2.11. The van der Waals surface area contributed by atoms with Crippen LogP contribution in [-0.2, 0) is 0 Å². The van der Waals surface area contributed by atoms with Crippen LogP contribution in [0.25, 0.3) is 10.2 Å². The molecule has 0 saturated carbocycles. The van der Waals surface area contributed by atoms with Crippen molar-refractivity contribution in [2.45, 2.75) is 6.42 Å². The molecule has 0 radical (unpaired) electrons. The third kappa shape index (κ3) is 2.77. The van der Waals surface area contributed by atoms with Crippen LogP contribution in [0.5, 0.6) is 5.75 Å². The summed E-state index contributed by atoms with van der Waals surface area (Å²) in [6, 6.07) is 5.58. The minimum atomic E-state index is -0.149. The number of aromatic nitrogens is 1. The summed E-state index contributed by atoms with van der Waals surface area (Å²) >= 11 is 1.37. The van der Waals surface area contributed by atoms with Crippen molar-refractivity contribution in [3.05, 3.63) is 23.2 Å². The molecule has 6 heteroatoms. The number of benzene rings is 1. The molecule has 0 fully saturated rings. The maximum atomic E-state index is 11.8. The van der Waals surface area contributed by atoms with E-state index in [0.29, 0.717) is 18.1 Å². The fourth-order valence-electron chi connectivity index (χ4n) is 1.51. The molecule has 0 saturated heterocycles. The predicted molar refractivity (Wildman–Crippen MR) is 72.2 cm³/mol. The van der Waals surface area contributed by atoms with Gasteiger partial charge in [-0.15, -0.1) is 11.3 Å². The maximum Gasteiger partial charge on any atom is 0.280 e. The lowest BCUT2D eigenvalue weighted by Crippen LogP contribution is -2.25. The van der Waals surface area contributed by atoms with E-state index in [9.17, 15) is 4.79 Å². The Morgan fingerprint density at radius 1 is 1.56 bits per heavy atom. The van der Waals surface area contributed by atoms with E-state index in [0.717, 1.165) is 22.4 Å². The van der Waals surface area contributed by atoms with Crippen LogP contribution >= 0.6 is 11.3 Å². The Morgan fingerprint density at radius 3 is 3.11 bits per heavy atom. The number of hydrogen-bond acceptors (Lipinski definition) is 5. The van der Waals surface area contributed by atoms with Gasteiger partial charge in [0.15, 0.2) is 5.01 Å². The fourth-order valence-corrected chi connectivity index (χ4v) is 2.37. The van der Waals surface area contributed by atoms with Crippen LogP contribution < -0.4 is 15.8 Å². The first-order valence-electron chi connectivity index (χ1n) is 5.67. The van der Waals surface area contributed by atoms with E-state index < -0.39 is 0 Å². The second-order valence-corrected chi connectivity index (χ2v) is 4.78. The van der Waals surface area contributed by atoms with Gasteiger partial charge in [-0.05, 0) is 25.1 Å². The molecule has 0 bridgehead atoms. The van der Waals surface area contributed by atoms with Crippen LogP contribution in [0.15, 0.2) is 18.2 Å². The summed E-state index contributed by atoms with van der Waals surface area (Å²) in [7, 11) is 1.61. The lowest BCUT2D eigenvalue weighted by molar-refractivity contribution is 0.0953. The number of fused-ring (bicyclic) bond motifs is 1. The normalized spacial score (nSPS) is 10.6. The van der Waals surface area contributed by atoms with E-state index in [-0.39, 0.29) is 5.91 Å². The molecule has 18 heavy (non-hydrogen) atoms. The van der Waals surface area contributed by atoms with E-state index in [1.807, 2.05) is 18.2 Å². The number of nitrogens with one attached hydrogen (secondary N) is 1. The highest BCUT2D eigenvalue weighted by Crippen LogP contribution is 2.25. The molecule has 2 rings (SSSR count). The highest BCUT2D eigenvalue weighted by atomic mass is 32.1. The molecule has 0 spiro atoms. The summed E-state index contributed by atoms with van der Waals surface area (Å²) in [6.45, 7) is 1.14. The molecule has 1 heterocycles. The lowest BCUT2D eigenvalue weighted by atomic mass is 10.3. The molecule has 0 atom stereocenters. The number of carbonyl (C=O) groups is 1. The molecule has 2 aromatic rings. The molecule has 0 aliphatic carbocycles. The van der Waals surface area contributed by atoms with Gasteiger partial charge in [0, 0.05) is 12.6 Å². The predicted octanol–water partition coefficient (Wildman–Crippen LogP) is 1.38. The molecule has 3 N–H and O–H groups in total. The van der Waals surface area contributed by atoms with Gasteiger partial charge in [-0.3, -0.25) is 4.79 Å². The summed E-state index contributed by atoms with van der Waals surface area (Å²) in [4.78, 5) is 16.1. The van der Waals surface area contributed by atoms with Gasteiger partial charge in [-0.25, -0.2) is 4.98 Å². The van der Waals surface area contributed by atoms with Crippen molar-refractivity contribution in [1.82, 2.24) is 10.3 Å². The minimum absolute atomic E-state index is 0.149. The van der Waals surface area contributed by atoms with Crippen LogP contribution in [0.3, 0.4) is 0 Å². The number of hydrogen-bond donors (Lipinski definition) is 2. The largest absolute Gasteiger partial charge is 0.497 e. The zero-order chi connectivity index (χ0) is 13.0. The van der Waals surface area contributed by atoms with Gasteiger partial charge < -0.3 is 15.8 Å². The van der Waals surface area contributed by atoms with Gasteiger partial charge in [0.25, 0.3) is 5.91 Å². The monoisotopic (exact) mass is 265 g/mol. The number of ether oxygens (including phenoxy) is 1. The number of amides is 1. The van der Waals surface area contributed by atoms with Crippen LogP contribution in [0, 0.1) is 0 Å². The number of thiazole rings is 1. The first-order chi connectivity index (χ1) is 8.74. The topological polar surface area (TPSA) is 77.2 Å². The van der Waals surface area contributed by atoms with Gasteiger partial charge in [0.05, 0.1) is 17.3 Å². The van der Waals surface area contributed by atoms with Crippen molar-refractivity contribution >= 4 is 27.5 Å². The smallest absolute Gasteiger partial charge is 0.280 e.